The predicted octanol–water partition coefficient (Wildman–Crippen LogP) is 21.0. The van der Waals surface area contributed by atoms with Crippen molar-refractivity contribution >= 4 is 11.9 Å². The van der Waals surface area contributed by atoms with Crippen molar-refractivity contribution in [2.75, 3.05) is 13.2 Å². The van der Waals surface area contributed by atoms with Gasteiger partial charge in [-0.25, -0.2) is 0 Å². The van der Waals surface area contributed by atoms with Gasteiger partial charge in [-0.15, -0.1) is 0 Å². The average molecular weight is 1030 g/mol. The number of nitrogens with one attached hydrogen (secondary N) is 1. The smallest absolute Gasteiger partial charge is 0.305 e. The lowest BCUT2D eigenvalue weighted by atomic mass is 10.0. The molecule has 0 bridgehead atoms. The Morgan fingerprint density at radius 1 is 0.370 bits per heavy atom. The summed E-state index contributed by atoms with van der Waals surface area (Å²) in [4.78, 5) is 24.5. The summed E-state index contributed by atoms with van der Waals surface area (Å²) in [6.45, 7) is 4.94. The number of hydrogen-bond acceptors (Lipinski definition) is 5. The number of amides is 1. The molecule has 0 aliphatic heterocycles. The summed E-state index contributed by atoms with van der Waals surface area (Å²) in [7, 11) is 0. The molecule has 0 fully saturated rings. The van der Waals surface area contributed by atoms with E-state index in [4.69, 9.17) is 4.74 Å². The molecule has 432 valence electrons. The number of ether oxygens (including phenoxy) is 1. The first-order valence-electron chi connectivity index (χ1n) is 33.1. The van der Waals surface area contributed by atoms with Crippen LogP contribution in [-0.2, 0) is 14.3 Å². The Hall–Kier alpha value is -1.66. The topological polar surface area (TPSA) is 95.9 Å². The Labute approximate surface area is 456 Å². The van der Waals surface area contributed by atoms with E-state index in [1.54, 1.807) is 0 Å². The minimum Gasteiger partial charge on any atom is -0.466 e. The van der Waals surface area contributed by atoms with Gasteiger partial charge < -0.3 is 20.3 Å². The van der Waals surface area contributed by atoms with Crippen molar-refractivity contribution in [3.8, 4) is 0 Å². The van der Waals surface area contributed by atoms with Crippen LogP contribution in [0.25, 0.3) is 0 Å². The van der Waals surface area contributed by atoms with Gasteiger partial charge in [-0.05, 0) is 70.6 Å². The fourth-order valence-electron chi connectivity index (χ4n) is 10.4. The second kappa shape index (κ2) is 62.9. The molecule has 1 amide bonds. The number of carbonyl (C=O) groups excluding carboxylic acids is 2. The molecule has 3 N–H and O–H groups in total. The zero-order chi connectivity index (χ0) is 52.9. The van der Waals surface area contributed by atoms with Crippen LogP contribution in [-0.4, -0.2) is 47.4 Å². The molecule has 0 aromatic carbocycles. The molecule has 0 aliphatic rings. The van der Waals surface area contributed by atoms with Crippen LogP contribution in [0.15, 0.2) is 24.3 Å². The van der Waals surface area contributed by atoms with Gasteiger partial charge in [0.2, 0.25) is 5.91 Å². The highest BCUT2D eigenvalue weighted by Crippen LogP contribution is 2.18. The maximum absolute atomic E-state index is 12.5. The van der Waals surface area contributed by atoms with E-state index in [1.165, 1.54) is 289 Å². The van der Waals surface area contributed by atoms with Crippen LogP contribution in [0.3, 0.4) is 0 Å². The van der Waals surface area contributed by atoms with Crippen LogP contribution >= 0.6 is 0 Å². The molecular formula is C67H129NO5. The highest BCUT2D eigenvalue weighted by molar-refractivity contribution is 5.76. The number of esters is 1. The Morgan fingerprint density at radius 3 is 1.01 bits per heavy atom. The van der Waals surface area contributed by atoms with Gasteiger partial charge in [0, 0.05) is 12.8 Å². The predicted molar refractivity (Wildman–Crippen MR) is 320 cm³/mol. The molecule has 2 unspecified atom stereocenters. The molecule has 6 heteroatoms. The summed E-state index contributed by atoms with van der Waals surface area (Å²) in [5.74, 6) is -0.0297. The largest absolute Gasteiger partial charge is 0.466 e. The molecule has 0 spiro atoms. The third kappa shape index (κ3) is 59.4. The second-order valence-electron chi connectivity index (χ2n) is 22.8. The van der Waals surface area contributed by atoms with Gasteiger partial charge in [-0.1, -0.05) is 308 Å². The Balaban J connectivity index is 3.40. The first kappa shape index (κ1) is 71.3. The van der Waals surface area contributed by atoms with Crippen molar-refractivity contribution in [3.05, 3.63) is 24.3 Å². The van der Waals surface area contributed by atoms with E-state index < -0.39 is 12.1 Å². The molecule has 73 heavy (non-hydrogen) atoms. The SMILES string of the molecule is CCCC/C=C\CCCCCCCC(=O)OCCCCCCCCCCCCCC/C=C\CCCCCCCCCCCCC(=O)NC(CO)C(O)CCCCCCCCCCCCCCCCCCCCC. The number of rotatable bonds is 62. The molecule has 0 aromatic rings. The van der Waals surface area contributed by atoms with Crippen LogP contribution in [0, 0.1) is 0 Å². The molecule has 0 saturated carbocycles. The quantitative estimate of drug-likeness (QED) is 0.0320. The Morgan fingerprint density at radius 2 is 0.658 bits per heavy atom. The molecule has 6 nitrogen and oxygen atoms in total. The number of hydrogen-bond donors (Lipinski definition) is 3. The van der Waals surface area contributed by atoms with Crippen LogP contribution in [0.5, 0.6) is 0 Å². The molecular weight excluding hydrogens is 899 g/mol. The van der Waals surface area contributed by atoms with E-state index in [9.17, 15) is 19.8 Å². The van der Waals surface area contributed by atoms with E-state index >= 15 is 0 Å². The third-order valence-corrected chi connectivity index (χ3v) is 15.5. The van der Waals surface area contributed by atoms with Gasteiger partial charge in [0.15, 0.2) is 0 Å². The summed E-state index contributed by atoms with van der Waals surface area (Å²) >= 11 is 0. The van der Waals surface area contributed by atoms with Gasteiger partial charge in [-0.3, -0.25) is 9.59 Å². The summed E-state index contributed by atoms with van der Waals surface area (Å²) in [5.41, 5.74) is 0. The number of carbonyl (C=O) groups is 2. The van der Waals surface area contributed by atoms with Crippen molar-refractivity contribution in [3.63, 3.8) is 0 Å². The van der Waals surface area contributed by atoms with E-state index in [-0.39, 0.29) is 18.5 Å². The first-order chi connectivity index (χ1) is 36.0. The molecule has 0 aromatic heterocycles. The van der Waals surface area contributed by atoms with E-state index in [0.717, 1.165) is 44.9 Å². The fraction of sp³-hybridized carbons (Fsp3) is 0.910. The monoisotopic (exact) mass is 1030 g/mol. The molecule has 2 atom stereocenters. The fourth-order valence-corrected chi connectivity index (χ4v) is 10.4. The van der Waals surface area contributed by atoms with Gasteiger partial charge in [0.1, 0.15) is 0 Å². The van der Waals surface area contributed by atoms with E-state index in [1.807, 2.05) is 0 Å². The maximum atomic E-state index is 12.5. The number of aliphatic hydroxyl groups excluding tert-OH is 2. The van der Waals surface area contributed by atoms with E-state index in [0.29, 0.717) is 25.9 Å². The summed E-state index contributed by atoms with van der Waals surface area (Å²) < 4.78 is 5.46. The first-order valence-corrected chi connectivity index (χ1v) is 33.1. The third-order valence-electron chi connectivity index (χ3n) is 15.5. The average Bonchev–Trinajstić information content (AvgIpc) is 3.39. The summed E-state index contributed by atoms with van der Waals surface area (Å²) in [6, 6.07) is -0.543. The van der Waals surface area contributed by atoms with Crippen LogP contribution in [0.1, 0.15) is 367 Å². The van der Waals surface area contributed by atoms with Crippen LogP contribution < -0.4 is 5.32 Å². The van der Waals surface area contributed by atoms with Crippen LogP contribution in [0.4, 0.5) is 0 Å². The highest BCUT2D eigenvalue weighted by Gasteiger charge is 2.20. The van der Waals surface area contributed by atoms with Gasteiger partial charge in [0.25, 0.3) is 0 Å². The minimum atomic E-state index is -0.666. The normalized spacial score (nSPS) is 12.7. The summed E-state index contributed by atoms with van der Waals surface area (Å²) in [5, 5.41) is 23.4. The zero-order valence-corrected chi connectivity index (χ0v) is 49.4. The van der Waals surface area contributed by atoms with Gasteiger partial charge in [-0.2, -0.15) is 0 Å². The number of aliphatic hydroxyl groups is 2. The van der Waals surface area contributed by atoms with Gasteiger partial charge in [0.05, 0.1) is 25.4 Å². The molecule has 0 aliphatic carbocycles. The maximum Gasteiger partial charge on any atom is 0.305 e. The van der Waals surface area contributed by atoms with Crippen LogP contribution in [0.2, 0.25) is 0 Å². The Bertz CT molecular complexity index is 1140. The lowest BCUT2D eigenvalue weighted by molar-refractivity contribution is -0.143. The second-order valence-corrected chi connectivity index (χ2v) is 22.8. The standard InChI is InChI=1S/C67H129NO5/c1-3-5-7-9-11-13-15-16-17-18-27-30-33-36-40-43-47-51-55-59-65(70)64(63-69)68-66(71)60-56-52-48-44-41-37-34-31-28-25-23-21-19-20-22-24-26-29-32-35-38-42-46-50-54-58-62-73-67(72)61-57-53-49-45-39-14-12-10-8-6-4-2/h10,12,19,21,64-65,69-70H,3-9,11,13-18,20,22-63H2,1-2H3,(H,68,71)/b12-10-,21-19-. The van der Waals surface area contributed by atoms with Crippen molar-refractivity contribution in [1.29, 1.82) is 0 Å². The zero-order valence-electron chi connectivity index (χ0n) is 49.4. The Kier molecular flexibility index (Phi) is 61.4. The number of unbranched alkanes of at least 4 members (excludes halogenated alkanes) is 47. The van der Waals surface area contributed by atoms with Gasteiger partial charge >= 0.3 is 5.97 Å². The molecule has 0 saturated heterocycles. The highest BCUT2D eigenvalue weighted by atomic mass is 16.5. The lowest BCUT2D eigenvalue weighted by Gasteiger charge is -2.22. The van der Waals surface area contributed by atoms with Crippen molar-refractivity contribution in [2.24, 2.45) is 0 Å². The van der Waals surface area contributed by atoms with Crippen molar-refractivity contribution in [1.82, 2.24) is 5.32 Å². The molecule has 0 rings (SSSR count). The minimum absolute atomic E-state index is 0.00366. The summed E-state index contributed by atoms with van der Waals surface area (Å²) in [6.07, 6.45) is 77.8. The molecule has 0 heterocycles. The van der Waals surface area contributed by atoms with E-state index in [2.05, 4.69) is 43.5 Å². The molecule has 0 radical (unpaired) electrons. The van der Waals surface area contributed by atoms with Crippen molar-refractivity contribution in [2.45, 2.75) is 379 Å². The number of allylic oxidation sites excluding steroid dienone is 4. The lowest BCUT2D eigenvalue weighted by Crippen LogP contribution is -2.45. The van der Waals surface area contributed by atoms with Crippen molar-refractivity contribution < 1.29 is 24.5 Å².